The lowest BCUT2D eigenvalue weighted by atomic mass is 10.6. The molecule has 0 spiro atoms. The third kappa shape index (κ3) is 1.31. The number of aromatic nitrogens is 2. The summed E-state index contributed by atoms with van der Waals surface area (Å²) in [6.45, 7) is 0. The molecule has 12 heavy (non-hydrogen) atoms. The van der Waals surface area contributed by atoms with Crippen LogP contribution in [0.3, 0.4) is 0 Å². The lowest BCUT2D eigenvalue weighted by Gasteiger charge is -2.04. The van der Waals surface area contributed by atoms with Crippen molar-refractivity contribution in [2.75, 3.05) is 5.32 Å². The maximum atomic E-state index is 11.0. The van der Waals surface area contributed by atoms with Crippen LogP contribution in [0, 0.1) is 0 Å². The maximum Gasteiger partial charge on any atom is 0.317 e. The molecule has 1 aromatic heterocycles. The van der Waals surface area contributed by atoms with Gasteiger partial charge < -0.3 is 5.73 Å². The predicted octanol–water partition coefficient (Wildman–Crippen LogP) is -0.786. The van der Waals surface area contributed by atoms with Gasteiger partial charge in [0.25, 0.3) is 5.56 Å². The van der Waals surface area contributed by atoms with E-state index in [-0.39, 0.29) is 5.56 Å². The van der Waals surface area contributed by atoms with E-state index >= 15 is 0 Å². The zero-order chi connectivity index (χ0) is 9.30. The molecular formula is C6H10N4O2. The number of carbonyl (C=O) groups excluding carboxylic acids is 1. The molecule has 0 aliphatic carbocycles. The Morgan fingerprint density at radius 1 is 1.50 bits per heavy atom. The van der Waals surface area contributed by atoms with E-state index in [1.165, 1.54) is 15.4 Å². The van der Waals surface area contributed by atoms with Gasteiger partial charge in [-0.3, -0.25) is 19.5 Å². The average molecular weight is 170 g/mol. The number of amides is 2. The number of nitrogens with one attached hydrogen (secondary N) is 1. The second-order valence-electron chi connectivity index (χ2n) is 2.40. The number of nitrogens with zero attached hydrogens (tertiary/aromatic N) is 2. The highest BCUT2D eigenvalue weighted by Crippen LogP contribution is 2.00. The third-order valence-corrected chi connectivity index (χ3v) is 1.63. The molecule has 1 heterocycles. The van der Waals surface area contributed by atoms with Crippen molar-refractivity contribution in [3.63, 3.8) is 0 Å². The minimum Gasteiger partial charge on any atom is -0.351 e. The molecule has 6 nitrogen and oxygen atoms in total. The third-order valence-electron chi connectivity index (χ3n) is 1.63. The Bertz CT molecular complexity index is 362. The Morgan fingerprint density at radius 3 is 2.42 bits per heavy atom. The van der Waals surface area contributed by atoms with Crippen LogP contribution in [0.15, 0.2) is 10.9 Å². The van der Waals surface area contributed by atoms with Crippen molar-refractivity contribution < 1.29 is 4.79 Å². The summed E-state index contributed by atoms with van der Waals surface area (Å²) in [6, 6.07) is 0.612. The first-order valence-electron chi connectivity index (χ1n) is 3.32. The molecule has 2 amide bonds. The normalized spacial score (nSPS) is 9.83. The molecule has 0 atom stereocenters. The number of hydrogen-bond acceptors (Lipinski definition) is 2. The van der Waals surface area contributed by atoms with Gasteiger partial charge in [0.2, 0.25) is 0 Å². The quantitative estimate of drug-likeness (QED) is 0.579. The van der Waals surface area contributed by atoms with Crippen LogP contribution in [0.1, 0.15) is 0 Å². The number of rotatable bonds is 1. The molecule has 0 radical (unpaired) electrons. The number of hydrogen-bond donors (Lipinski definition) is 2. The SMILES string of the molecule is Cn1c(NC(N)=O)cc(=O)n1C. The van der Waals surface area contributed by atoms with Gasteiger partial charge >= 0.3 is 6.03 Å². The van der Waals surface area contributed by atoms with Crippen LogP contribution in [-0.4, -0.2) is 15.4 Å². The van der Waals surface area contributed by atoms with E-state index < -0.39 is 6.03 Å². The molecule has 1 rings (SSSR count). The number of carbonyl (C=O) groups is 1. The molecule has 0 saturated heterocycles. The van der Waals surface area contributed by atoms with Crippen LogP contribution < -0.4 is 16.6 Å². The summed E-state index contributed by atoms with van der Waals surface area (Å²) in [4.78, 5) is 21.4. The lowest BCUT2D eigenvalue weighted by Crippen LogP contribution is -2.22. The van der Waals surface area contributed by atoms with Crippen LogP contribution in [0.5, 0.6) is 0 Å². The summed E-state index contributed by atoms with van der Waals surface area (Å²) in [5, 5.41) is 2.32. The molecule has 0 bridgehead atoms. The van der Waals surface area contributed by atoms with Crippen LogP contribution in [0.4, 0.5) is 10.6 Å². The van der Waals surface area contributed by atoms with E-state index in [9.17, 15) is 9.59 Å². The van der Waals surface area contributed by atoms with Crippen LogP contribution >= 0.6 is 0 Å². The van der Waals surface area contributed by atoms with Gasteiger partial charge in [0.15, 0.2) is 0 Å². The summed E-state index contributed by atoms with van der Waals surface area (Å²) in [5.41, 5.74) is 4.68. The molecule has 0 fully saturated rings. The highest BCUT2D eigenvalue weighted by Gasteiger charge is 2.05. The van der Waals surface area contributed by atoms with Crippen LogP contribution in [0.25, 0.3) is 0 Å². The Kier molecular flexibility index (Phi) is 1.90. The number of urea groups is 1. The maximum absolute atomic E-state index is 11.0. The second kappa shape index (κ2) is 2.72. The van der Waals surface area contributed by atoms with Gasteiger partial charge in [-0.05, 0) is 0 Å². The predicted molar refractivity (Wildman–Crippen MR) is 43.9 cm³/mol. The van der Waals surface area contributed by atoms with Crippen molar-refractivity contribution >= 4 is 11.8 Å². The molecular weight excluding hydrogens is 160 g/mol. The number of primary amides is 1. The zero-order valence-corrected chi connectivity index (χ0v) is 6.87. The van der Waals surface area contributed by atoms with Crippen molar-refractivity contribution in [2.24, 2.45) is 19.8 Å². The molecule has 66 valence electrons. The fourth-order valence-corrected chi connectivity index (χ4v) is 0.856. The van der Waals surface area contributed by atoms with E-state index in [1.807, 2.05) is 0 Å². The van der Waals surface area contributed by atoms with Crippen LogP contribution in [-0.2, 0) is 14.1 Å². The summed E-state index contributed by atoms with van der Waals surface area (Å²) >= 11 is 0. The molecule has 0 saturated carbocycles. The molecule has 0 aliphatic rings. The zero-order valence-electron chi connectivity index (χ0n) is 6.87. The Balaban J connectivity index is 3.09. The van der Waals surface area contributed by atoms with Crippen LogP contribution in [0.2, 0.25) is 0 Å². The largest absolute Gasteiger partial charge is 0.351 e. The molecule has 0 aromatic carbocycles. The number of anilines is 1. The van der Waals surface area contributed by atoms with Crippen molar-refractivity contribution in [3.8, 4) is 0 Å². The molecule has 3 N–H and O–H groups in total. The Labute approximate surface area is 68.6 Å². The van der Waals surface area contributed by atoms with Crippen molar-refractivity contribution in [1.82, 2.24) is 9.36 Å². The molecule has 6 heteroatoms. The van der Waals surface area contributed by atoms with E-state index in [4.69, 9.17) is 5.73 Å². The first kappa shape index (κ1) is 8.38. The highest BCUT2D eigenvalue weighted by molar-refractivity contribution is 5.86. The summed E-state index contributed by atoms with van der Waals surface area (Å²) in [5.74, 6) is 0.384. The fourth-order valence-electron chi connectivity index (χ4n) is 0.856. The monoisotopic (exact) mass is 170 g/mol. The summed E-state index contributed by atoms with van der Waals surface area (Å²) in [6.07, 6.45) is 0. The van der Waals surface area contributed by atoms with Gasteiger partial charge in [-0.25, -0.2) is 4.79 Å². The molecule has 1 aromatic rings. The van der Waals surface area contributed by atoms with Gasteiger partial charge in [0.1, 0.15) is 5.82 Å². The van der Waals surface area contributed by atoms with E-state index in [0.29, 0.717) is 5.82 Å². The van der Waals surface area contributed by atoms with Gasteiger partial charge in [-0.15, -0.1) is 0 Å². The van der Waals surface area contributed by atoms with Crippen molar-refractivity contribution in [2.45, 2.75) is 0 Å². The second-order valence-corrected chi connectivity index (χ2v) is 2.40. The van der Waals surface area contributed by atoms with Gasteiger partial charge in [-0.2, -0.15) is 0 Å². The smallest absolute Gasteiger partial charge is 0.317 e. The van der Waals surface area contributed by atoms with E-state index in [2.05, 4.69) is 5.32 Å². The fraction of sp³-hybridized carbons (Fsp3) is 0.333. The lowest BCUT2D eigenvalue weighted by molar-refractivity contribution is 0.259. The van der Waals surface area contributed by atoms with Gasteiger partial charge in [0.05, 0.1) is 0 Å². The molecule has 0 unspecified atom stereocenters. The Hall–Kier alpha value is -1.72. The highest BCUT2D eigenvalue weighted by atomic mass is 16.2. The van der Waals surface area contributed by atoms with E-state index in [1.54, 1.807) is 14.1 Å². The van der Waals surface area contributed by atoms with Gasteiger partial charge in [0, 0.05) is 20.2 Å². The van der Waals surface area contributed by atoms with Gasteiger partial charge in [-0.1, -0.05) is 0 Å². The first-order valence-corrected chi connectivity index (χ1v) is 3.32. The summed E-state index contributed by atoms with van der Waals surface area (Å²) < 4.78 is 2.85. The molecule has 0 aliphatic heterocycles. The Morgan fingerprint density at radius 2 is 2.08 bits per heavy atom. The minimum atomic E-state index is -0.684. The minimum absolute atomic E-state index is 0.193. The number of nitrogens with two attached hydrogens (primary N) is 1. The van der Waals surface area contributed by atoms with Crippen molar-refractivity contribution in [3.05, 3.63) is 16.4 Å². The standard InChI is InChI=1S/C6H10N4O2/c1-9-4(8-6(7)12)3-5(11)10(9)2/h3H,1-2H3,(H3,7,8,12). The van der Waals surface area contributed by atoms with E-state index in [0.717, 1.165) is 0 Å². The average Bonchev–Trinajstić information content (AvgIpc) is 2.17. The first-order chi connectivity index (χ1) is 5.52. The van der Waals surface area contributed by atoms with Crippen molar-refractivity contribution in [1.29, 1.82) is 0 Å². The summed E-state index contributed by atoms with van der Waals surface area (Å²) in [7, 11) is 3.24. The topological polar surface area (TPSA) is 82.1 Å².